The molecule has 4 rings (SSSR count). The van der Waals surface area contributed by atoms with Crippen molar-refractivity contribution in [3.63, 3.8) is 0 Å². The molecule has 0 aliphatic carbocycles. The van der Waals surface area contributed by atoms with Crippen LogP contribution >= 0.6 is 0 Å². The maximum atomic E-state index is 11.6. The summed E-state index contributed by atoms with van der Waals surface area (Å²) in [7, 11) is 0. The molecule has 1 N–H and O–H groups in total. The zero-order valence-electron chi connectivity index (χ0n) is 13.7. The van der Waals surface area contributed by atoms with Crippen molar-refractivity contribution in [1.82, 2.24) is 0 Å². The third kappa shape index (κ3) is 2.77. The highest BCUT2D eigenvalue weighted by molar-refractivity contribution is 5.64. The second-order valence-electron chi connectivity index (χ2n) is 6.00. The van der Waals surface area contributed by atoms with E-state index in [1.165, 1.54) is 0 Å². The topological polar surface area (TPSA) is 33.4 Å². The third-order valence-electron chi connectivity index (χ3n) is 4.48. The molecule has 2 heteroatoms. The molecule has 0 radical (unpaired) electrons. The maximum absolute atomic E-state index is 11.6. The van der Waals surface area contributed by atoms with Gasteiger partial charge in [-0.05, 0) is 34.4 Å². The van der Waals surface area contributed by atoms with Crippen LogP contribution in [0, 0.1) is 0 Å². The summed E-state index contributed by atoms with van der Waals surface area (Å²) in [5, 5.41) is 11.6. The van der Waals surface area contributed by atoms with Crippen LogP contribution in [0.4, 0.5) is 0 Å². The zero-order chi connectivity index (χ0) is 17.1. The van der Waals surface area contributed by atoms with E-state index in [0.717, 1.165) is 22.3 Å². The molecule has 0 aliphatic rings. The molecule has 0 fully saturated rings. The Bertz CT molecular complexity index is 927. The van der Waals surface area contributed by atoms with E-state index in [-0.39, 0.29) is 0 Å². The molecule has 1 unspecified atom stereocenters. The summed E-state index contributed by atoms with van der Waals surface area (Å²) in [5.41, 5.74) is 2.49. The summed E-state index contributed by atoms with van der Waals surface area (Å²) in [6.07, 6.45) is 1.58. The predicted molar refractivity (Wildman–Crippen MR) is 99.1 cm³/mol. The normalized spacial score (nSPS) is 13.3. The number of furan rings is 1. The van der Waals surface area contributed by atoms with Gasteiger partial charge in [-0.1, -0.05) is 84.9 Å². The van der Waals surface area contributed by atoms with Crippen LogP contribution in [0.25, 0.3) is 11.1 Å². The Morgan fingerprint density at radius 2 is 1.12 bits per heavy atom. The van der Waals surface area contributed by atoms with Crippen molar-refractivity contribution in [2.24, 2.45) is 0 Å². The van der Waals surface area contributed by atoms with Crippen LogP contribution in [-0.2, 0) is 5.60 Å². The fourth-order valence-electron chi connectivity index (χ4n) is 3.15. The lowest BCUT2D eigenvalue weighted by Gasteiger charge is -2.27. The van der Waals surface area contributed by atoms with Gasteiger partial charge >= 0.3 is 0 Å². The molecule has 3 aromatic carbocycles. The first-order chi connectivity index (χ1) is 12.3. The molecule has 122 valence electrons. The van der Waals surface area contributed by atoms with Crippen LogP contribution in [0.5, 0.6) is 0 Å². The van der Waals surface area contributed by atoms with Crippen molar-refractivity contribution in [3.8, 4) is 11.1 Å². The SMILES string of the molecule is OC(c1ccccc1)(c1ccc(-c2ccccc2)cc1)c1ccco1. The van der Waals surface area contributed by atoms with Gasteiger partial charge in [0, 0.05) is 0 Å². The Labute approximate surface area is 147 Å². The van der Waals surface area contributed by atoms with Gasteiger partial charge in [0.05, 0.1) is 6.26 Å². The molecule has 0 spiro atoms. The van der Waals surface area contributed by atoms with Crippen molar-refractivity contribution in [2.75, 3.05) is 0 Å². The van der Waals surface area contributed by atoms with Crippen molar-refractivity contribution < 1.29 is 9.52 Å². The van der Waals surface area contributed by atoms with Crippen LogP contribution in [0.2, 0.25) is 0 Å². The predicted octanol–water partition coefficient (Wildman–Crippen LogP) is 5.23. The highest BCUT2D eigenvalue weighted by Crippen LogP contribution is 2.37. The molecular weight excluding hydrogens is 308 g/mol. The van der Waals surface area contributed by atoms with Crippen LogP contribution < -0.4 is 0 Å². The van der Waals surface area contributed by atoms with Crippen molar-refractivity contribution in [3.05, 3.63) is 120 Å². The van der Waals surface area contributed by atoms with Crippen molar-refractivity contribution in [2.45, 2.75) is 5.60 Å². The zero-order valence-corrected chi connectivity index (χ0v) is 13.7. The van der Waals surface area contributed by atoms with Gasteiger partial charge in [0.15, 0.2) is 5.60 Å². The highest BCUT2D eigenvalue weighted by Gasteiger charge is 2.36. The fraction of sp³-hybridized carbons (Fsp3) is 0.0435. The average molecular weight is 326 g/mol. The number of rotatable bonds is 4. The molecule has 0 saturated carbocycles. The van der Waals surface area contributed by atoms with Crippen molar-refractivity contribution in [1.29, 1.82) is 0 Å². The Hall–Kier alpha value is -3.10. The molecule has 25 heavy (non-hydrogen) atoms. The summed E-state index contributed by atoms with van der Waals surface area (Å²) >= 11 is 0. The molecule has 2 nitrogen and oxygen atoms in total. The molecule has 1 atom stereocenters. The fourth-order valence-corrected chi connectivity index (χ4v) is 3.15. The van der Waals surface area contributed by atoms with Crippen molar-refractivity contribution >= 4 is 0 Å². The molecular formula is C23H18O2. The van der Waals surface area contributed by atoms with E-state index in [2.05, 4.69) is 12.1 Å². The van der Waals surface area contributed by atoms with Crippen LogP contribution in [0.1, 0.15) is 16.9 Å². The molecule has 4 aromatic rings. The Kier molecular flexibility index (Phi) is 3.96. The third-order valence-corrected chi connectivity index (χ3v) is 4.48. The summed E-state index contributed by atoms with van der Waals surface area (Å²) in [4.78, 5) is 0. The van der Waals surface area contributed by atoms with Gasteiger partial charge in [-0.3, -0.25) is 0 Å². The first kappa shape index (κ1) is 15.4. The van der Waals surface area contributed by atoms with E-state index < -0.39 is 5.60 Å². The smallest absolute Gasteiger partial charge is 0.173 e. The summed E-state index contributed by atoms with van der Waals surface area (Å²) in [6.45, 7) is 0. The minimum atomic E-state index is -1.32. The molecule has 0 amide bonds. The molecule has 0 aliphatic heterocycles. The molecule has 0 saturated heterocycles. The number of hydrogen-bond acceptors (Lipinski definition) is 2. The van der Waals surface area contributed by atoms with Gasteiger partial charge in [0.2, 0.25) is 0 Å². The maximum Gasteiger partial charge on any atom is 0.173 e. The average Bonchev–Trinajstić information content (AvgIpc) is 3.24. The lowest BCUT2D eigenvalue weighted by Crippen LogP contribution is -2.28. The van der Waals surface area contributed by atoms with E-state index in [9.17, 15) is 5.11 Å². The first-order valence-electron chi connectivity index (χ1n) is 8.26. The summed E-state index contributed by atoms with van der Waals surface area (Å²) in [6, 6.07) is 31.4. The number of hydrogen-bond donors (Lipinski definition) is 1. The second kappa shape index (κ2) is 6.42. The Morgan fingerprint density at radius 3 is 1.72 bits per heavy atom. The lowest BCUT2D eigenvalue weighted by molar-refractivity contribution is 0.0990. The summed E-state index contributed by atoms with van der Waals surface area (Å²) < 4.78 is 5.57. The van der Waals surface area contributed by atoms with Crippen LogP contribution in [0.15, 0.2) is 108 Å². The van der Waals surface area contributed by atoms with Gasteiger partial charge in [-0.2, -0.15) is 0 Å². The number of aliphatic hydroxyl groups is 1. The highest BCUT2D eigenvalue weighted by atomic mass is 16.4. The standard InChI is InChI=1S/C23H18O2/c24-23(22-12-7-17-25-22,20-10-5-2-6-11-20)21-15-13-19(14-16-21)18-8-3-1-4-9-18/h1-17,24H. The Balaban J connectivity index is 1.81. The molecule has 0 bridgehead atoms. The van der Waals surface area contributed by atoms with E-state index in [1.54, 1.807) is 18.4 Å². The second-order valence-corrected chi connectivity index (χ2v) is 6.00. The van der Waals surface area contributed by atoms with Gasteiger partial charge < -0.3 is 9.52 Å². The minimum absolute atomic E-state index is 0.506. The van der Waals surface area contributed by atoms with E-state index >= 15 is 0 Å². The monoisotopic (exact) mass is 326 g/mol. The largest absolute Gasteiger partial charge is 0.466 e. The minimum Gasteiger partial charge on any atom is -0.466 e. The quantitative estimate of drug-likeness (QED) is 0.557. The van der Waals surface area contributed by atoms with Gasteiger partial charge in [0.1, 0.15) is 5.76 Å². The number of benzene rings is 3. The van der Waals surface area contributed by atoms with Gasteiger partial charge in [-0.25, -0.2) is 0 Å². The van der Waals surface area contributed by atoms with Crippen LogP contribution in [0.3, 0.4) is 0 Å². The Morgan fingerprint density at radius 1 is 0.560 bits per heavy atom. The van der Waals surface area contributed by atoms with Gasteiger partial charge in [-0.15, -0.1) is 0 Å². The summed E-state index contributed by atoms with van der Waals surface area (Å²) in [5.74, 6) is 0.506. The van der Waals surface area contributed by atoms with Gasteiger partial charge in [0.25, 0.3) is 0 Å². The van der Waals surface area contributed by atoms with E-state index in [1.807, 2.05) is 72.8 Å². The van der Waals surface area contributed by atoms with E-state index in [0.29, 0.717) is 5.76 Å². The molecule has 1 heterocycles. The van der Waals surface area contributed by atoms with Crippen LogP contribution in [-0.4, -0.2) is 5.11 Å². The lowest BCUT2D eigenvalue weighted by atomic mass is 9.83. The first-order valence-corrected chi connectivity index (χ1v) is 8.26. The molecule has 1 aromatic heterocycles. The van der Waals surface area contributed by atoms with E-state index in [4.69, 9.17) is 4.42 Å².